The van der Waals surface area contributed by atoms with Crippen molar-refractivity contribution in [2.75, 3.05) is 13.7 Å². The minimum Gasteiger partial charge on any atom is -0.497 e. The van der Waals surface area contributed by atoms with E-state index in [-0.39, 0.29) is 6.61 Å². The summed E-state index contributed by atoms with van der Waals surface area (Å²) < 4.78 is 7.12. The predicted octanol–water partition coefficient (Wildman–Crippen LogP) is 2.09. The van der Waals surface area contributed by atoms with Crippen molar-refractivity contribution in [1.29, 1.82) is 0 Å². The maximum absolute atomic E-state index is 9.05. The van der Waals surface area contributed by atoms with Gasteiger partial charge in [-0.05, 0) is 31.2 Å². The summed E-state index contributed by atoms with van der Waals surface area (Å²) in [6, 6.07) is 7.60. The molecule has 0 atom stereocenters. The SMILES string of the molecule is COc1ccc(N=c2scc(C)n2CCO)cc1. The minimum absolute atomic E-state index is 0.118. The van der Waals surface area contributed by atoms with E-state index in [0.29, 0.717) is 6.54 Å². The number of aromatic nitrogens is 1. The monoisotopic (exact) mass is 264 g/mol. The summed E-state index contributed by atoms with van der Waals surface area (Å²) in [6.45, 7) is 2.71. The summed E-state index contributed by atoms with van der Waals surface area (Å²) in [5.74, 6) is 0.819. The van der Waals surface area contributed by atoms with Crippen molar-refractivity contribution in [3.05, 3.63) is 40.1 Å². The molecule has 4 nitrogen and oxygen atoms in total. The van der Waals surface area contributed by atoms with Crippen LogP contribution in [-0.4, -0.2) is 23.4 Å². The lowest BCUT2D eigenvalue weighted by Crippen LogP contribution is -2.17. The van der Waals surface area contributed by atoms with E-state index in [4.69, 9.17) is 9.84 Å². The first kappa shape index (κ1) is 12.9. The first-order chi connectivity index (χ1) is 8.74. The van der Waals surface area contributed by atoms with Gasteiger partial charge in [0.05, 0.1) is 19.4 Å². The molecule has 0 bridgehead atoms. The van der Waals surface area contributed by atoms with Crippen molar-refractivity contribution < 1.29 is 9.84 Å². The molecule has 0 fully saturated rings. The largest absolute Gasteiger partial charge is 0.497 e. The summed E-state index contributed by atoms with van der Waals surface area (Å²) in [4.78, 5) is 5.47. The molecule has 18 heavy (non-hydrogen) atoms. The second kappa shape index (κ2) is 5.84. The van der Waals surface area contributed by atoms with Gasteiger partial charge in [0.25, 0.3) is 0 Å². The lowest BCUT2D eigenvalue weighted by molar-refractivity contribution is 0.273. The molecule has 1 aromatic carbocycles. The van der Waals surface area contributed by atoms with Gasteiger partial charge >= 0.3 is 0 Å². The Bertz CT molecular complexity index is 569. The fraction of sp³-hybridized carbons (Fsp3) is 0.308. The third-order valence-electron chi connectivity index (χ3n) is 2.61. The molecule has 0 amide bonds. The van der Waals surface area contributed by atoms with Crippen LogP contribution in [0.5, 0.6) is 5.75 Å². The summed E-state index contributed by atoms with van der Waals surface area (Å²) in [6.07, 6.45) is 0. The lowest BCUT2D eigenvalue weighted by atomic mass is 10.3. The van der Waals surface area contributed by atoms with Gasteiger partial charge in [-0.15, -0.1) is 11.3 Å². The van der Waals surface area contributed by atoms with Crippen LogP contribution in [0.2, 0.25) is 0 Å². The Hall–Kier alpha value is -1.59. The molecule has 1 aromatic heterocycles. The smallest absolute Gasteiger partial charge is 0.190 e. The first-order valence-electron chi connectivity index (χ1n) is 5.69. The second-order valence-electron chi connectivity index (χ2n) is 3.84. The number of ether oxygens (including phenoxy) is 1. The Morgan fingerprint density at radius 3 is 2.67 bits per heavy atom. The average Bonchev–Trinajstić information content (AvgIpc) is 2.73. The van der Waals surface area contributed by atoms with Crippen LogP contribution in [-0.2, 0) is 6.54 Å². The molecule has 96 valence electrons. The van der Waals surface area contributed by atoms with E-state index in [9.17, 15) is 0 Å². The van der Waals surface area contributed by atoms with Gasteiger partial charge < -0.3 is 14.4 Å². The highest BCUT2D eigenvalue weighted by Crippen LogP contribution is 2.17. The van der Waals surface area contributed by atoms with Gasteiger partial charge in [0.1, 0.15) is 5.75 Å². The Labute approximate surface area is 110 Å². The molecule has 1 N–H and O–H groups in total. The lowest BCUT2D eigenvalue weighted by Gasteiger charge is -2.03. The van der Waals surface area contributed by atoms with E-state index in [1.807, 2.05) is 41.1 Å². The highest BCUT2D eigenvalue weighted by atomic mass is 32.1. The number of thiazole rings is 1. The van der Waals surface area contributed by atoms with Crippen molar-refractivity contribution in [1.82, 2.24) is 4.57 Å². The van der Waals surface area contributed by atoms with Gasteiger partial charge in [-0.2, -0.15) is 0 Å². The van der Waals surface area contributed by atoms with Gasteiger partial charge in [0.15, 0.2) is 4.80 Å². The van der Waals surface area contributed by atoms with Gasteiger partial charge in [0.2, 0.25) is 0 Å². The van der Waals surface area contributed by atoms with Crippen LogP contribution in [0.4, 0.5) is 5.69 Å². The molecule has 2 rings (SSSR count). The second-order valence-corrected chi connectivity index (χ2v) is 4.68. The molecule has 0 aliphatic carbocycles. The van der Waals surface area contributed by atoms with Gasteiger partial charge in [-0.25, -0.2) is 4.99 Å². The number of nitrogens with zero attached hydrogens (tertiary/aromatic N) is 2. The van der Waals surface area contributed by atoms with E-state index in [1.54, 1.807) is 18.4 Å². The molecule has 0 saturated carbocycles. The number of hydrogen-bond acceptors (Lipinski definition) is 4. The number of benzene rings is 1. The Morgan fingerprint density at radius 2 is 2.06 bits per heavy atom. The van der Waals surface area contributed by atoms with Gasteiger partial charge in [0, 0.05) is 17.6 Å². The number of aryl methyl sites for hydroxylation is 1. The van der Waals surface area contributed by atoms with Crippen LogP contribution in [0.15, 0.2) is 34.6 Å². The summed E-state index contributed by atoms with van der Waals surface area (Å²) in [7, 11) is 1.64. The van der Waals surface area contributed by atoms with Crippen LogP contribution in [0.3, 0.4) is 0 Å². The molecule has 2 aromatic rings. The minimum atomic E-state index is 0.118. The molecule has 5 heteroatoms. The van der Waals surface area contributed by atoms with E-state index >= 15 is 0 Å². The van der Waals surface area contributed by atoms with Gasteiger partial charge in [-0.1, -0.05) is 0 Å². The Morgan fingerprint density at radius 1 is 1.33 bits per heavy atom. The maximum Gasteiger partial charge on any atom is 0.190 e. The maximum atomic E-state index is 9.05. The Kier molecular flexibility index (Phi) is 4.17. The fourth-order valence-electron chi connectivity index (χ4n) is 1.64. The highest BCUT2D eigenvalue weighted by molar-refractivity contribution is 7.07. The molecule has 0 unspecified atom stereocenters. The van der Waals surface area contributed by atoms with Crippen LogP contribution in [0.1, 0.15) is 5.69 Å². The van der Waals surface area contributed by atoms with E-state index < -0.39 is 0 Å². The quantitative estimate of drug-likeness (QED) is 0.919. The number of aliphatic hydroxyl groups excluding tert-OH is 1. The molecular weight excluding hydrogens is 248 g/mol. The molecule has 0 spiro atoms. The van der Waals surface area contributed by atoms with Crippen molar-refractivity contribution in [3.63, 3.8) is 0 Å². The first-order valence-corrected chi connectivity index (χ1v) is 6.57. The van der Waals surface area contributed by atoms with Crippen LogP contribution in [0, 0.1) is 6.92 Å². The van der Waals surface area contributed by atoms with Crippen molar-refractivity contribution >= 4 is 17.0 Å². The van der Waals surface area contributed by atoms with Crippen molar-refractivity contribution in [3.8, 4) is 5.75 Å². The topological polar surface area (TPSA) is 46.8 Å². The van der Waals surface area contributed by atoms with Crippen LogP contribution < -0.4 is 9.54 Å². The molecule has 0 radical (unpaired) electrons. The number of aliphatic hydroxyl groups is 1. The zero-order valence-electron chi connectivity index (χ0n) is 10.5. The van der Waals surface area contributed by atoms with Crippen LogP contribution >= 0.6 is 11.3 Å². The molecule has 0 saturated heterocycles. The van der Waals surface area contributed by atoms with Crippen molar-refractivity contribution in [2.24, 2.45) is 4.99 Å². The van der Waals surface area contributed by atoms with Crippen LogP contribution in [0.25, 0.3) is 0 Å². The fourth-order valence-corrected chi connectivity index (χ4v) is 2.57. The molecule has 0 aliphatic heterocycles. The third-order valence-corrected chi connectivity index (χ3v) is 3.59. The van der Waals surface area contributed by atoms with Crippen molar-refractivity contribution in [2.45, 2.75) is 13.5 Å². The van der Waals surface area contributed by atoms with E-state index in [1.165, 1.54) is 0 Å². The number of methoxy groups -OCH3 is 1. The van der Waals surface area contributed by atoms with E-state index in [2.05, 4.69) is 4.99 Å². The standard InChI is InChI=1S/C13H16N2O2S/c1-10-9-18-13(15(10)7-8-16)14-11-3-5-12(17-2)6-4-11/h3-6,9,16H,7-8H2,1-2H3. The summed E-state index contributed by atoms with van der Waals surface area (Å²) in [5.41, 5.74) is 1.99. The predicted molar refractivity (Wildman–Crippen MR) is 72.3 cm³/mol. The third kappa shape index (κ3) is 2.80. The highest BCUT2D eigenvalue weighted by Gasteiger charge is 2.00. The summed E-state index contributed by atoms with van der Waals surface area (Å²) in [5, 5.41) is 11.1. The zero-order valence-corrected chi connectivity index (χ0v) is 11.3. The normalized spacial score (nSPS) is 11.8. The molecule has 1 heterocycles. The molecular formula is C13H16N2O2S. The zero-order chi connectivity index (χ0) is 13.0. The molecule has 0 aliphatic rings. The number of hydrogen-bond donors (Lipinski definition) is 1. The van der Waals surface area contributed by atoms with E-state index in [0.717, 1.165) is 21.9 Å². The van der Waals surface area contributed by atoms with Gasteiger partial charge in [-0.3, -0.25) is 0 Å². The Balaban J connectivity index is 2.37. The summed E-state index contributed by atoms with van der Waals surface area (Å²) >= 11 is 1.57. The number of rotatable bonds is 4. The average molecular weight is 264 g/mol.